The van der Waals surface area contributed by atoms with Gasteiger partial charge in [0.15, 0.2) is 0 Å². The molecule has 0 aromatic heterocycles. The molecular weight excluding hydrogens is 400 g/mol. The van der Waals surface area contributed by atoms with E-state index >= 15 is 0 Å². The van der Waals surface area contributed by atoms with E-state index < -0.39 is 0 Å². The Bertz CT molecular complexity index is 767. The Labute approximate surface area is 194 Å². The van der Waals surface area contributed by atoms with Crippen molar-refractivity contribution in [1.29, 1.82) is 0 Å². The molecule has 0 aliphatic rings. The second-order valence-corrected chi connectivity index (χ2v) is 8.59. The van der Waals surface area contributed by atoms with Gasteiger partial charge in [0.25, 0.3) is 0 Å². The Morgan fingerprint density at radius 1 is 0.781 bits per heavy atom. The van der Waals surface area contributed by atoms with Crippen LogP contribution in [0.1, 0.15) is 89.4 Å². The summed E-state index contributed by atoms with van der Waals surface area (Å²) in [6.07, 6.45) is 9.52. The van der Waals surface area contributed by atoms with Crippen molar-refractivity contribution in [3.8, 4) is 17.2 Å². The van der Waals surface area contributed by atoms with Crippen LogP contribution in [0.3, 0.4) is 0 Å². The van der Waals surface area contributed by atoms with Crippen LogP contribution in [0, 0.1) is 5.92 Å². The molecule has 0 saturated heterocycles. The molecule has 0 amide bonds. The van der Waals surface area contributed by atoms with Gasteiger partial charge in [-0.15, -0.1) is 0 Å². The molecule has 0 aliphatic heterocycles. The van der Waals surface area contributed by atoms with Crippen LogP contribution in [0.5, 0.6) is 17.2 Å². The molecule has 176 valence electrons. The molecule has 0 spiro atoms. The zero-order chi connectivity index (χ0) is 23.2. The van der Waals surface area contributed by atoms with E-state index in [0.29, 0.717) is 23.8 Å². The lowest BCUT2D eigenvalue weighted by molar-refractivity contribution is 0.0734. The quantitative estimate of drug-likeness (QED) is 0.161. The van der Waals surface area contributed by atoms with Gasteiger partial charge in [0.2, 0.25) is 0 Å². The van der Waals surface area contributed by atoms with Crippen LogP contribution in [0.4, 0.5) is 0 Å². The molecule has 4 nitrogen and oxygen atoms in total. The minimum absolute atomic E-state index is 0.232. The van der Waals surface area contributed by atoms with Crippen LogP contribution in [-0.2, 0) is 0 Å². The second-order valence-electron chi connectivity index (χ2n) is 8.59. The lowest BCUT2D eigenvalue weighted by Crippen LogP contribution is -2.16. The molecule has 0 saturated carbocycles. The summed E-state index contributed by atoms with van der Waals surface area (Å²) in [6, 6.07) is 14.4. The minimum Gasteiger partial charge on any atom is -0.493 e. The molecule has 0 bridgehead atoms. The third-order valence-electron chi connectivity index (χ3n) is 5.65. The number of rotatable bonds is 15. The van der Waals surface area contributed by atoms with Crippen molar-refractivity contribution >= 4 is 5.97 Å². The van der Waals surface area contributed by atoms with Gasteiger partial charge in [-0.3, -0.25) is 0 Å². The van der Waals surface area contributed by atoms with E-state index in [1.165, 1.54) is 25.7 Å². The fraction of sp³-hybridized carbons (Fsp3) is 0.536. The molecule has 0 fully saturated rings. The smallest absolute Gasteiger partial charge is 0.343 e. The van der Waals surface area contributed by atoms with Gasteiger partial charge in [0.1, 0.15) is 17.2 Å². The van der Waals surface area contributed by atoms with Crippen molar-refractivity contribution in [1.82, 2.24) is 0 Å². The van der Waals surface area contributed by atoms with Crippen LogP contribution >= 0.6 is 0 Å². The van der Waals surface area contributed by atoms with Gasteiger partial charge in [-0.05, 0) is 73.7 Å². The fourth-order valence-corrected chi connectivity index (χ4v) is 3.37. The van der Waals surface area contributed by atoms with Crippen molar-refractivity contribution in [2.75, 3.05) is 6.61 Å². The number of hydrogen-bond donors (Lipinski definition) is 0. The van der Waals surface area contributed by atoms with Gasteiger partial charge < -0.3 is 14.2 Å². The Morgan fingerprint density at radius 3 is 2.06 bits per heavy atom. The number of esters is 1. The predicted molar refractivity (Wildman–Crippen MR) is 131 cm³/mol. The summed E-state index contributed by atoms with van der Waals surface area (Å²) in [6.45, 7) is 9.40. The highest BCUT2D eigenvalue weighted by molar-refractivity contribution is 5.91. The molecule has 2 rings (SSSR count). The van der Waals surface area contributed by atoms with E-state index in [1.807, 2.05) is 24.3 Å². The molecule has 2 aromatic carbocycles. The maximum Gasteiger partial charge on any atom is 0.343 e. The molecule has 32 heavy (non-hydrogen) atoms. The van der Waals surface area contributed by atoms with E-state index in [1.54, 1.807) is 24.3 Å². The number of ether oxygens (including phenoxy) is 3. The molecule has 0 radical (unpaired) electrons. The summed E-state index contributed by atoms with van der Waals surface area (Å²) < 4.78 is 17.4. The molecule has 1 unspecified atom stereocenters. The zero-order valence-corrected chi connectivity index (χ0v) is 20.3. The van der Waals surface area contributed by atoms with Crippen LogP contribution in [0.2, 0.25) is 0 Å². The number of hydrogen-bond acceptors (Lipinski definition) is 4. The van der Waals surface area contributed by atoms with E-state index in [-0.39, 0.29) is 12.1 Å². The largest absolute Gasteiger partial charge is 0.493 e. The minimum atomic E-state index is -0.380. The summed E-state index contributed by atoms with van der Waals surface area (Å²) in [5.74, 6) is 2.22. The maximum atomic E-state index is 12.5. The van der Waals surface area contributed by atoms with Gasteiger partial charge in [-0.2, -0.15) is 0 Å². The van der Waals surface area contributed by atoms with Crippen LogP contribution < -0.4 is 14.2 Å². The van der Waals surface area contributed by atoms with Crippen LogP contribution in [0.15, 0.2) is 48.5 Å². The summed E-state index contributed by atoms with van der Waals surface area (Å²) >= 11 is 0. The number of carbonyl (C=O) groups is 1. The van der Waals surface area contributed by atoms with Crippen molar-refractivity contribution in [2.24, 2.45) is 5.92 Å². The lowest BCUT2D eigenvalue weighted by Gasteiger charge is -2.19. The molecule has 0 aliphatic carbocycles. The van der Waals surface area contributed by atoms with E-state index in [4.69, 9.17) is 14.2 Å². The van der Waals surface area contributed by atoms with Crippen molar-refractivity contribution in [2.45, 2.75) is 85.2 Å². The summed E-state index contributed by atoms with van der Waals surface area (Å²) in [5.41, 5.74) is 0.504. The molecule has 0 heterocycles. The van der Waals surface area contributed by atoms with Crippen molar-refractivity contribution in [3.05, 3.63) is 54.1 Å². The average Bonchev–Trinajstić information content (AvgIpc) is 2.81. The summed E-state index contributed by atoms with van der Waals surface area (Å²) in [5, 5.41) is 0. The highest BCUT2D eigenvalue weighted by Gasteiger charge is 2.12. The number of unbranched alkanes of at least 4 members (excludes halogenated alkanes) is 3. The highest BCUT2D eigenvalue weighted by Crippen LogP contribution is 2.22. The van der Waals surface area contributed by atoms with Gasteiger partial charge in [0.05, 0.1) is 18.3 Å². The standard InChI is InChI=1S/C28H40O4/c1-5-8-9-10-12-25(11-6-2)31-26-15-13-23(14-16-26)28(29)32-27-19-17-24(18-20-27)30-21-22(4)7-3/h13-20,22,25H,5-12,21H2,1-4H3/t22?,25-/m0/s1. The third kappa shape index (κ3) is 9.33. The fourth-order valence-electron chi connectivity index (χ4n) is 3.37. The third-order valence-corrected chi connectivity index (χ3v) is 5.65. The first-order chi connectivity index (χ1) is 15.5. The highest BCUT2D eigenvalue weighted by atomic mass is 16.5. The Kier molecular flexibility index (Phi) is 11.7. The predicted octanol–water partition coefficient (Wildman–Crippen LogP) is 7.85. The van der Waals surface area contributed by atoms with Crippen molar-refractivity contribution < 1.29 is 19.0 Å². The Hall–Kier alpha value is -2.49. The van der Waals surface area contributed by atoms with Gasteiger partial charge in [-0.25, -0.2) is 4.79 Å². The van der Waals surface area contributed by atoms with Crippen LogP contribution in [0.25, 0.3) is 0 Å². The van der Waals surface area contributed by atoms with Crippen molar-refractivity contribution in [3.63, 3.8) is 0 Å². The summed E-state index contributed by atoms with van der Waals surface area (Å²) in [4.78, 5) is 12.5. The number of benzene rings is 2. The Morgan fingerprint density at radius 2 is 1.44 bits per heavy atom. The lowest BCUT2D eigenvalue weighted by atomic mass is 10.1. The first kappa shape index (κ1) is 25.8. The van der Waals surface area contributed by atoms with Gasteiger partial charge in [-0.1, -0.05) is 59.8 Å². The molecule has 2 aromatic rings. The second kappa shape index (κ2) is 14.5. The molecular formula is C28H40O4. The number of carbonyl (C=O) groups excluding carboxylic acids is 1. The van der Waals surface area contributed by atoms with E-state index in [0.717, 1.165) is 37.2 Å². The SMILES string of the molecule is CCCCCC[C@H](CCC)Oc1ccc(C(=O)Oc2ccc(OCC(C)CC)cc2)cc1. The summed E-state index contributed by atoms with van der Waals surface area (Å²) in [7, 11) is 0. The molecule has 4 heteroatoms. The topological polar surface area (TPSA) is 44.8 Å². The first-order valence-electron chi connectivity index (χ1n) is 12.3. The zero-order valence-electron chi connectivity index (χ0n) is 20.3. The van der Waals surface area contributed by atoms with Gasteiger partial charge >= 0.3 is 5.97 Å². The monoisotopic (exact) mass is 440 g/mol. The molecule has 0 N–H and O–H groups in total. The van der Waals surface area contributed by atoms with E-state index in [9.17, 15) is 4.79 Å². The Balaban J connectivity index is 1.86. The normalized spacial score (nSPS) is 12.8. The van der Waals surface area contributed by atoms with Gasteiger partial charge in [0, 0.05) is 0 Å². The van der Waals surface area contributed by atoms with E-state index in [2.05, 4.69) is 27.7 Å². The van der Waals surface area contributed by atoms with Crippen LogP contribution in [-0.4, -0.2) is 18.7 Å². The first-order valence-corrected chi connectivity index (χ1v) is 12.3. The maximum absolute atomic E-state index is 12.5. The average molecular weight is 441 g/mol. The molecule has 2 atom stereocenters.